The number of para-hydroxylation sites is 1. The van der Waals surface area contributed by atoms with Gasteiger partial charge in [0, 0.05) is 17.5 Å². The maximum absolute atomic E-state index is 13.5. The molecule has 0 saturated carbocycles. The predicted octanol–water partition coefficient (Wildman–Crippen LogP) is 3.31. The van der Waals surface area contributed by atoms with Gasteiger partial charge in [-0.3, -0.25) is 10.1 Å². The van der Waals surface area contributed by atoms with Gasteiger partial charge in [-0.25, -0.2) is 14.2 Å². The fourth-order valence-electron chi connectivity index (χ4n) is 4.41. The smallest absolute Gasteiger partial charge is 0.411 e. The lowest BCUT2D eigenvalue weighted by atomic mass is 10.1. The van der Waals surface area contributed by atoms with Crippen molar-refractivity contribution in [1.29, 1.82) is 0 Å². The zero-order chi connectivity index (χ0) is 29.9. The number of halogens is 2. The molecule has 226 valence electrons. The highest BCUT2D eigenvalue weighted by atomic mass is 79.9. The van der Waals surface area contributed by atoms with E-state index in [2.05, 4.69) is 33.5 Å². The first kappa shape index (κ1) is 33.4. The van der Waals surface area contributed by atoms with E-state index in [1.165, 1.54) is 0 Å². The van der Waals surface area contributed by atoms with Crippen LogP contribution in [0.25, 0.3) is 10.8 Å². The van der Waals surface area contributed by atoms with Gasteiger partial charge in [-0.1, -0.05) is 61.5 Å². The van der Waals surface area contributed by atoms with Gasteiger partial charge < -0.3 is 32.1 Å². The molecule has 9 nitrogen and oxygen atoms in total. The van der Waals surface area contributed by atoms with Crippen molar-refractivity contribution in [3.05, 3.63) is 101 Å². The second-order valence-corrected chi connectivity index (χ2v) is 10.6. The highest BCUT2D eigenvalue weighted by Gasteiger charge is 2.22. The maximum atomic E-state index is 13.5. The fourth-order valence-corrected chi connectivity index (χ4v) is 4.92. The van der Waals surface area contributed by atoms with Gasteiger partial charge in [-0.2, -0.15) is 0 Å². The molecule has 1 heterocycles. The summed E-state index contributed by atoms with van der Waals surface area (Å²) in [7, 11) is 0. The number of hydrogen-bond donors (Lipinski definition) is 2. The van der Waals surface area contributed by atoms with Crippen molar-refractivity contribution in [2.75, 3.05) is 30.0 Å². The van der Waals surface area contributed by atoms with Gasteiger partial charge in [0.05, 0.1) is 22.7 Å². The van der Waals surface area contributed by atoms with E-state index in [9.17, 15) is 14.4 Å². The molecular formula is C32H34BrClN4O5. The number of aromatic nitrogens is 1. The van der Waals surface area contributed by atoms with Gasteiger partial charge in [0.2, 0.25) is 0 Å². The normalized spacial score (nSPS) is 11.1. The molecule has 4 aromatic rings. The zero-order valence-corrected chi connectivity index (χ0v) is 26.3. The number of alkyl carbamates (subject to hydrolysis) is 1. The van der Waals surface area contributed by atoms with Gasteiger partial charge in [0.25, 0.3) is 5.91 Å². The SMILES string of the molecule is CCC[n+]1cc(Br)cc(C(=O)N(CCOC(=O)NC(C)COC(=O)Nc2cccc3ccccc23)c2ccccc2)c1.[Cl-]. The van der Waals surface area contributed by atoms with Crippen molar-refractivity contribution in [1.82, 2.24) is 5.32 Å². The first-order chi connectivity index (χ1) is 20.3. The fraction of sp³-hybridized carbons (Fsp3) is 0.250. The molecular weight excluding hydrogens is 636 g/mol. The number of nitrogens with zero attached hydrogens (tertiary/aromatic N) is 2. The molecule has 1 atom stereocenters. The number of anilines is 2. The molecule has 0 aliphatic heterocycles. The van der Waals surface area contributed by atoms with Crippen LogP contribution in [0.1, 0.15) is 30.6 Å². The molecule has 0 fully saturated rings. The number of carbonyl (C=O) groups excluding carboxylic acids is 3. The Balaban J connectivity index is 0.00000506. The minimum atomic E-state index is -0.677. The Labute approximate surface area is 265 Å². The molecule has 0 aliphatic carbocycles. The number of pyridine rings is 1. The summed E-state index contributed by atoms with van der Waals surface area (Å²) >= 11 is 3.49. The minimum Gasteiger partial charge on any atom is -1.00 e. The first-order valence-electron chi connectivity index (χ1n) is 13.8. The summed E-state index contributed by atoms with van der Waals surface area (Å²) in [5, 5.41) is 7.30. The van der Waals surface area contributed by atoms with Crippen molar-refractivity contribution in [3.63, 3.8) is 0 Å². The van der Waals surface area contributed by atoms with Crippen LogP contribution in [0.5, 0.6) is 0 Å². The number of benzene rings is 3. The molecule has 43 heavy (non-hydrogen) atoms. The molecule has 4 rings (SSSR count). The van der Waals surface area contributed by atoms with E-state index in [1.54, 1.807) is 24.0 Å². The highest BCUT2D eigenvalue weighted by Crippen LogP contribution is 2.23. The molecule has 0 saturated heterocycles. The van der Waals surface area contributed by atoms with Crippen LogP contribution >= 0.6 is 15.9 Å². The molecule has 0 spiro atoms. The number of ether oxygens (including phenoxy) is 2. The third-order valence-corrected chi connectivity index (χ3v) is 6.77. The van der Waals surface area contributed by atoms with E-state index in [0.717, 1.165) is 28.2 Å². The molecule has 3 amide bonds. The van der Waals surface area contributed by atoms with Gasteiger partial charge in [0.1, 0.15) is 25.3 Å². The summed E-state index contributed by atoms with van der Waals surface area (Å²) in [6.45, 7) is 4.61. The number of amides is 3. The summed E-state index contributed by atoms with van der Waals surface area (Å²) in [4.78, 5) is 39.9. The number of aryl methyl sites for hydroxylation is 1. The van der Waals surface area contributed by atoms with Crippen LogP contribution in [0.4, 0.5) is 21.0 Å². The second kappa shape index (κ2) is 16.5. The summed E-state index contributed by atoms with van der Waals surface area (Å²) in [5.74, 6) is -0.213. The lowest BCUT2D eigenvalue weighted by Gasteiger charge is -2.23. The van der Waals surface area contributed by atoms with Gasteiger partial charge in [0.15, 0.2) is 12.4 Å². The summed E-state index contributed by atoms with van der Waals surface area (Å²) in [6.07, 6.45) is 3.37. The van der Waals surface area contributed by atoms with Crippen LogP contribution in [0.3, 0.4) is 0 Å². The quantitative estimate of drug-likeness (QED) is 0.239. The Morgan fingerprint density at radius 1 is 0.930 bits per heavy atom. The predicted molar refractivity (Wildman–Crippen MR) is 166 cm³/mol. The van der Waals surface area contributed by atoms with Crippen molar-refractivity contribution in [2.24, 2.45) is 0 Å². The number of nitrogens with one attached hydrogen (secondary N) is 2. The Bertz CT molecular complexity index is 1530. The van der Waals surface area contributed by atoms with Crippen LogP contribution < -0.4 is 32.5 Å². The minimum absolute atomic E-state index is 0. The molecule has 11 heteroatoms. The lowest BCUT2D eigenvalue weighted by Crippen LogP contribution is -3.00. The summed E-state index contributed by atoms with van der Waals surface area (Å²) in [6, 6.07) is 23.8. The average Bonchev–Trinajstić information content (AvgIpc) is 2.98. The Kier molecular flexibility index (Phi) is 12.8. The first-order valence-corrected chi connectivity index (χ1v) is 14.5. The third kappa shape index (κ3) is 9.69. The number of rotatable bonds is 11. The molecule has 0 bridgehead atoms. The van der Waals surface area contributed by atoms with E-state index < -0.39 is 18.2 Å². The molecule has 0 aliphatic rings. The van der Waals surface area contributed by atoms with Gasteiger partial charge in [-0.15, -0.1) is 0 Å². The zero-order valence-electron chi connectivity index (χ0n) is 24.0. The lowest BCUT2D eigenvalue weighted by molar-refractivity contribution is -0.697. The highest BCUT2D eigenvalue weighted by molar-refractivity contribution is 9.10. The van der Waals surface area contributed by atoms with Crippen LogP contribution in [0.15, 0.2) is 95.7 Å². The molecule has 2 N–H and O–H groups in total. The topological polar surface area (TPSA) is 101 Å². The average molecular weight is 670 g/mol. The van der Waals surface area contributed by atoms with Crippen molar-refractivity contribution in [2.45, 2.75) is 32.9 Å². The number of hydrogen-bond acceptors (Lipinski definition) is 5. The molecule has 1 aromatic heterocycles. The molecule has 1 unspecified atom stereocenters. The standard InChI is InChI=1S/C32H33BrN4O5.ClH/c1-3-16-36-20-25(19-26(33)21-36)30(38)37(27-12-5-4-6-13-27)17-18-41-31(39)34-23(2)22-42-32(40)35-29-15-9-11-24-10-7-8-14-28(24)29;/h4-15,19-21,23H,3,16-18,22H2,1-2H3,(H-,34,35,39,40);1H. The molecule has 3 aromatic carbocycles. The Morgan fingerprint density at radius 3 is 2.42 bits per heavy atom. The van der Waals surface area contributed by atoms with Crippen LogP contribution in [-0.4, -0.2) is 43.9 Å². The van der Waals surface area contributed by atoms with Crippen molar-refractivity contribution >= 4 is 56.2 Å². The van der Waals surface area contributed by atoms with Crippen molar-refractivity contribution in [3.8, 4) is 0 Å². The third-order valence-electron chi connectivity index (χ3n) is 6.33. The van der Waals surface area contributed by atoms with Crippen LogP contribution in [0.2, 0.25) is 0 Å². The number of fused-ring (bicyclic) bond motifs is 1. The monoisotopic (exact) mass is 668 g/mol. The largest absolute Gasteiger partial charge is 1.00 e. The number of carbonyl (C=O) groups is 3. The van der Waals surface area contributed by atoms with E-state index in [1.807, 2.05) is 83.7 Å². The maximum Gasteiger partial charge on any atom is 0.411 e. The van der Waals surface area contributed by atoms with E-state index in [0.29, 0.717) is 16.9 Å². The summed E-state index contributed by atoms with van der Waals surface area (Å²) in [5.41, 5.74) is 1.84. The Morgan fingerprint density at radius 2 is 1.65 bits per heavy atom. The van der Waals surface area contributed by atoms with Crippen molar-refractivity contribution < 1.29 is 40.8 Å². The second-order valence-electron chi connectivity index (χ2n) is 9.70. The van der Waals surface area contributed by atoms with Gasteiger partial charge >= 0.3 is 12.2 Å². The van der Waals surface area contributed by atoms with E-state index in [-0.39, 0.29) is 38.1 Å². The molecule has 0 radical (unpaired) electrons. The van der Waals surface area contributed by atoms with E-state index in [4.69, 9.17) is 9.47 Å². The summed E-state index contributed by atoms with van der Waals surface area (Å²) < 4.78 is 13.4. The van der Waals surface area contributed by atoms with Gasteiger partial charge in [-0.05, 0) is 52.5 Å². The van der Waals surface area contributed by atoms with E-state index >= 15 is 0 Å². The Hall–Kier alpha value is -4.15. The van der Waals surface area contributed by atoms with Crippen LogP contribution in [0, 0.1) is 0 Å². The van der Waals surface area contributed by atoms with Crippen LogP contribution in [-0.2, 0) is 16.0 Å².